The van der Waals surface area contributed by atoms with Crippen LogP contribution < -0.4 is 15.4 Å². The van der Waals surface area contributed by atoms with Crippen LogP contribution in [0, 0.1) is 11.3 Å². The quantitative estimate of drug-likeness (QED) is 0.736. The summed E-state index contributed by atoms with van der Waals surface area (Å²) in [7, 11) is 1.59. The number of aromatic nitrogens is 2. The molecule has 3 aromatic rings. The van der Waals surface area contributed by atoms with Gasteiger partial charge in [-0.15, -0.1) is 5.10 Å². The molecule has 0 saturated carbocycles. The van der Waals surface area contributed by atoms with Crippen LogP contribution in [0.4, 0.5) is 10.5 Å². The number of hydrogen-bond acceptors (Lipinski definition) is 6. The predicted octanol–water partition coefficient (Wildman–Crippen LogP) is 3.23. The predicted molar refractivity (Wildman–Crippen MR) is 105 cm³/mol. The number of ether oxygens (including phenoxy) is 1. The molecule has 0 spiro atoms. The smallest absolute Gasteiger partial charge is 0.407 e. The molecule has 1 atom stereocenters. The number of nitrogens with two attached hydrogens (primary N) is 1. The van der Waals surface area contributed by atoms with Crippen molar-refractivity contribution in [3.05, 3.63) is 83.7 Å². The Bertz CT molecular complexity index is 987. The van der Waals surface area contributed by atoms with Gasteiger partial charge in [0.25, 0.3) is 0 Å². The van der Waals surface area contributed by atoms with Crippen LogP contribution in [0.1, 0.15) is 23.0 Å². The molecular formula is C21H19N5O2. The SMILES string of the molecule is CN(C(=O)Oc1cc(CC(N)c2ccccc2)nnc1C#N)c1ccccc1. The summed E-state index contributed by atoms with van der Waals surface area (Å²) in [4.78, 5) is 13.8. The first-order valence-corrected chi connectivity index (χ1v) is 8.66. The lowest BCUT2D eigenvalue weighted by Gasteiger charge is -2.17. The topological polar surface area (TPSA) is 105 Å². The monoisotopic (exact) mass is 373 g/mol. The van der Waals surface area contributed by atoms with Gasteiger partial charge in [-0.3, -0.25) is 4.90 Å². The molecule has 0 saturated heterocycles. The highest BCUT2D eigenvalue weighted by atomic mass is 16.6. The van der Waals surface area contributed by atoms with Crippen molar-refractivity contribution in [2.75, 3.05) is 11.9 Å². The van der Waals surface area contributed by atoms with Crippen LogP contribution in [0.15, 0.2) is 66.7 Å². The van der Waals surface area contributed by atoms with Gasteiger partial charge in [-0.05, 0) is 17.7 Å². The molecule has 2 aromatic carbocycles. The Hall–Kier alpha value is -3.76. The first-order valence-electron chi connectivity index (χ1n) is 8.66. The van der Waals surface area contributed by atoms with E-state index in [4.69, 9.17) is 10.5 Å². The number of nitrogens with zero attached hydrogens (tertiary/aromatic N) is 4. The molecule has 7 nitrogen and oxygen atoms in total. The zero-order chi connectivity index (χ0) is 19.9. The molecule has 2 N–H and O–H groups in total. The Labute approximate surface area is 163 Å². The minimum absolute atomic E-state index is 0.0561. The summed E-state index contributed by atoms with van der Waals surface area (Å²) in [6.45, 7) is 0. The van der Waals surface area contributed by atoms with Gasteiger partial charge in [-0.1, -0.05) is 48.5 Å². The molecule has 0 radical (unpaired) electrons. The second-order valence-corrected chi connectivity index (χ2v) is 6.14. The van der Waals surface area contributed by atoms with Crippen LogP contribution in [0.25, 0.3) is 0 Å². The van der Waals surface area contributed by atoms with Crippen LogP contribution in [0.2, 0.25) is 0 Å². The van der Waals surface area contributed by atoms with Crippen molar-refractivity contribution in [2.45, 2.75) is 12.5 Å². The number of carbonyl (C=O) groups is 1. The minimum atomic E-state index is -0.631. The third-order valence-corrected chi connectivity index (χ3v) is 4.19. The lowest BCUT2D eigenvalue weighted by Crippen LogP contribution is -2.29. The van der Waals surface area contributed by atoms with Gasteiger partial charge >= 0.3 is 6.09 Å². The largest absolute Gasteiger partial charge is 0.419 e. The van der Waals surface area contributed by atoms with E-state index < -0.39 is 6.09 Å². The van der Waals surface area contributed by atoms with Crippen molar-refractivity contribution in [3.63, 3.8) is 0 Å². The molecule has 1 amide bonds. The molecule has 0 bridgehead atoms. The van der Waals surface area contributed by atoms with Crippen LogP contribution in [0.3, 0.4) is 0 Å². The van der Waals surface area contributed by atoms with Gasteiger partial charge in [0.2, 0.25) is 5.69 Å². The summed E-state index contributed by atoms with van der Waals surface area (Å²) in [5.41, 5.74) is 8.31. The van der Waals surface area contributed by atoms with Crippen molar-refractivity contribution >= 4 is 11.8 Å². The maximum Gasteiger partial charge on any atom is 0.419 e. The highest BCUT2D eigenvalue weighted by Crippen LogP contribution is 2.21. The summed E-state index contributed by atoms with van der Waals surface area (Å²) in [6.07, 6.45) is -0.240. The zero-order valence-electron chi connectivity index (χ0n) is 15.3. The number of nitriles is 1. The Morgan fingerprint density at radius 3 is 2.43 bits per heavy atom. The van der Waals surface area contributed by atoms with Gasteiger partial charge in [0.15, 0.2) is 5.75 Å². The highest BCUT2D eigenvalue weighted by Gasteiger charge is 2.18. The van der Waals surface area contributed by atoms with Crippen molar-refractivity contribution in [3.8, 4) is 11.8 Å². The normalized spacial score (nSPS) is 11.3. The van der Waals surface area contributed by atoms with E-state index in [0.29, 0.717) is 17.8 Å². The Morgan fingerprint density at radius 2 is 1.79 bits per heavy atom. The number of anilines is 1. The first kappa shape index (κ1) is 19.0. The van der Waals surface area contributed by atoms with Gasteiger partial charge in [0.1, 0.15) is 6.07 Å². The van der Waals surface area contributed by atoms with Crippen LogP contribution in [-0.4, -0.2) is 23.3 Å². The van der Waals surface area contributed by atoms with Crippen molar-refractivity contribution in [2.24, 2.45) is 5.73 Å². The van der Waals surface area contributed by atoms with E-state index in [1.54, 1.807) is 19.2 Å². The van der Waals surface area contributed by atoms with E-state index in [1.165, 1.54) is 11.0 Å². The molecule has 0 aliphatic carbocycles. The first-order chi connectivity index (χ1) is 13.6. The number of benzene rings is 2. The fraction of sp³-hybridized carbons (Fsp3) is 0.143. The summed E-state index contributed by atoms with van der Waals surface area (Å²) < 4.78 is 5.40. The van der Waals surface area contributed by atoms with E-state index in [-0.39, 0.29) is 17.5 Å². The summed E-state index contributed by atoms with van der Waals surface area (Å²) in [6, 6.07) is 21.8. The third kappa shape index (κ3) is 4.50. The second-order valence-electron chi connectivity index (χ2n) is 6.14. The van der Waals surface area contributed by atoms with Crippen molar-refractivity contribution in [1.29, 1.82) is 5.26 Å². The Morgan fingerprint density at radius 1 is 1.14 bits per heavy atom. The molecular weight excluding hydrogens is 354 g/mol. The van der Waals surface area contributed by atoms with Gasteiger partial charge in [-0.25, -0.2) is 4.79 Å². The highest BCUT2D eigenvalue weighted by molar-refractivity contribution is 5.88. The van der Waals surface area contributed by atoms with E-state index in [2.05, 4.69) is 10.2 Å². The fourth-order valence-electron chi connectivity index (χ4n) is 2.63. The molecule has 0 aliphatic heterocycles. The fourth-order valence-corrected chi connectivity index (χ4v) is 2.63. The van der Waals surface area contributed by atoms with Crippen molar-refractivity contribution in [1.82, 2.24) is 10.2 Å². The number of hydrogen-bond donors (Lipinski definition) is 1. The van der Waals surface area contributed by atoms with Gasteiger partial charge in [0.05, 0.1) is 5.69 Å². The minimum Gasteiger partial charge on any atom is -0.407 e. The molecule has 3 rings (SSSR count). The van der Waals surface area contributed by atoms with E-state index in [0.717, 1.165) is 5.56 Å². The van der Waals surface area contributed by atoms with Gasteiger partial charge in [0, 0.05) is 31.3 Å². The van der Waals surface area contributed by atoms with E-state index in [1.807, 2.05) is 54.6 Å². The van der Waals surface area contributed by atoms with E-state index in [9.17, 15) is 10.1 Å². The third-order valence-electron chi connectivity index (χ3n) is 4.19. The average Bonchev–Trinajstić information content (AvgIpc) is 2.74. The second kappa shape index (κ2) is 8.75. The maximum absolute atomic E-state index is 12.5. The summed E-state index contributed by atoms with van der Waals surface area (Å²) in [5, 5.41) is 17.2. The molecule has 140 valence electrons. The molecule has 1 aromatic heterocycles. The summed E-state index contributed by atoms with van der Waals surface area (Å²) in [5.74, 6) is 0.0561. The molecule has 0 aliphatic rings. The Balaban J connectivity index is 1.78. The Kier molecular flexibility index (Phi) is 5.94. The van der Waals surface area contributed by atoms with Crippen LogP contribution in [-0.2, 0) is 6.42 Å². The number of para-hydroxylation sites is 1. The lowest BCUT2D eigenvalue weighted by molar-refractivity contribution is 0.208. The molecule has 7 heteroatoms. The molecule has 28 heavy (non-hydrogen) atoms. The number of rotatable bonds is 5. The summed E-state index contributed by atoms with van der Waals surface area (Å²) >= 11 is 0. The lowest BCUT2D eigenvalue weighted by atomic mass is 10.0. The van der Waals surface area contributed by atoms with Crippen LogP contribution >= 0.6 is 0 Å². The number of carbonyl (C=O) groups excluding carboxylic acids is 1. The van der Waals surface area contributed by atoms with Gasteiger partial charge < -0.3 is 10.5 Å². The average molecular weight is 373 g/mol. The molecule has 1 heterocycles. The number of amides is 1. The van der Waals surface area contributed by atoms with Crippen molar-refractivity contribution < 1.29 is 9.53 Å². The molecule has 0 fully saturated rings. The standard InChI is InChI=1S/C21H19N5O2/c1-26(17-10-6-3-7-11-17)21(27)28-20-13-16(24-25-19(20)14-22)12-18(23)15-8-4-2-5-9-15/h2-11,13,18H,12,23H2,1H3. The zero-order valence-corrected chi connectivity index (χ0v) is 15.3. The van der Waals surface area contributed by atoms with Crippen LogP contribution in [0.5, 0.6) is 5.75 Å². The van der Waals surface area contributed by atoms with E-state index >= 15 is 0 Å². The maximum atomic E-state index is 12.5. The molecule has 1 unspecified atom stereocenters. The van der Waals surface area contributed by atoms with Gasteiger partial charge in [-0.2, -0.15) is 10.4 Å².